The number of amides is 1. The number of anilines is 2. The van der Waals surface area contributed by atoms with Crippen LogP contribution in [0.3, 0.4) is 0 Å². The minimum absolute atomic E-state index is 0.163. The zero-order valence-corrected chi connectivity index (χ0v) is 11.6. The lowest BCUT2D eigenvalue weighted by molar-refractivity contribution is -0.120. The largest absolute Gasteiger partial charge is 0.355 e. The van der Waals surface area contributed by atoms with Gasteiger partial charge in [0.25, 0.3) is 0 Å². The average molecular weight is 262 g/mol. The molecule has 5 nitrogen and oxygen atoms in total. The molecule has 3 N–H and O–H groups in total. The Morgan fingerprint density at radius 2 is 2.21 bits per heavy atom. The Morgan fingerprint density at radius 1 is 1.53 bits per heavy atom. The second-order valence-electron chi connectivity index (χ2n) is 5.29. The highest BCUT2D eigenvalue weighted by Crippen LogP contribution is 2.26. The highest BCUT2D eigenvalue weighted by Gasteiger charge is 2.27. The maximum Gasteiger partial charge on any atom is 0.244 e. The van der Waals surface area contributed by atoms with Crippen LogP contribution in [0.4, 0.5) is 11.5 Å². The first-order chi connectivity index (χ1) is 9.04. The predicted molar refractivity (Wildman–Crippen MR) is 77.2 cm³/mol. The van der Waals surface area contributed by atoms with Crippen molar-refractivity contribution < 1.29 is 4.79 Å². The third-order valence-corrected chi connectivity index (χ3v) is 3.69. The number of aromatic nitrogens is 1. The van der Waals surface area contributed by atoms with Crippen molar-refractivity contribution in [1.29, 1.82) is 0 Å². The fourth-order valence-electron chi connectivity index (χ4n) is 2.10. The summed E-state index contributed by atoms with van der Waals surface area (Å²) in [5, 5.41) is 2.91. The van der Waals surface area contributed by atoms with Crippen molar-refractivity contribution in [3.8, 4) is 0 Å². The standard InChI is InChI=1S/C14H22N4O/c1-3-14(2,15)13(19)17-11-7-6-8-16-12(11)18-9-4-5-10-18/h6-8H,3-5,9-10,15H2,1-2H3,(H,17,19). The van der Waals surface area contributed by atoms with Gasteiger partial charge < -0.3 is 16.0 Å². The maximum absolute atomic E-state index is 12.1. The van der Waals surface area contributed by atoms with Gasteiger partial charge in [-0.1, -0.05) is 6.92 Å². The van der Waals surface area contributed by atoms with Gasteiger partial charge >= 0.3 is 0 Å². The van der Waals surface area contributed by atoms with Crippen molar-refractivity contribution in [1.82, 2.24) is 4.98 Å². The van der Waals surface area contributed by atoms with Crippen LogP contribution in [0.1, 0.15) is 33.1 Å². The summed E-state index contributed by atoms with van der Waals surface area (Å²) < 4.78 is 0. The summed E-state index contributed by atoms with van der Waals surface area (Å²) in [5.74, 6) is 0.684. The molecule has 2 heterocycles. The molecule has 0 aromatic carbocycles. The van der Waals surface area contributed by atoms with E-state index in [1.165, 1.54) is 12.8 Å². The van der Waals surface area contributed by atoms with Crippen molar-refractivity contribution >= 4 is 17.4 Å². The van der Waals surface area contributed by atoms with Crippen LogP contribution >= 0.6 is 0 Å². The number of pyridine rings is 1. The van der Waals surface area contributed by atoms with Crippen LogP contribution in [-0.2, 0) is 4.79 Å². The lowest BCUT2D eigenvalue weighted by Gasteiger charge is -2.24. The SMILES string of the molecule is CCC(C)(N)C(=O)Nc1cccnc1N1CCCC1. The Morgan fingerprint density at radius 3 is 2.84 bits per heavy atom. The smallest absolute Gasteiger partial charge is 0.244 e. The minimum Gasteiger partial charge on any atom is -0.355 e. The molecule has 1 amide bonds. The lowest BCUT2D eigenvalue weighted by Crippen LogP contribution is -2.48. The fraction of sp³-hybridized carbons (Fsp3) is 0.571. The molecule has 1 unspecified atom stereocenters. The molecule has 1 fully saturated rings. The number of nitrogens with zero attached hydrogens (tertiary/aromatic N) is 2. The summed E-state index contributed by atoms with van der Waals surface area (Å²) in [6, 6.07) is 3.71. The van der Waals surface area contributed by atoms with Gasteiger partial charge in [-0.05, 0) is 38.3 Å². The van der Waals surface area contributed by atoms with Gasteiger partial charge in [0.2, 0.25) is 5.91 Å². The average Bonchev–Trinajstić information content (AvgIpc) is 2.93. The number of nitrogens with two attached hydrogens (primary N) is 1. The van der Waals surface area contributed by atoms with Gasteiger partial charge in [0.1, 0.15) is 0 Å². The topological polar surface area (TPSA) is 71.2 Å². The molecule has 2 rings (SSSR count). The quantitative estimate of drug-likeness (QED) is 0.867. The van der Waals surface area contributed by atoms with E-state index < -0.39 is 5.54 Å². The molecule has 1 aromatic rings. The summed E-state index contributed by atoms with van der Waals surface area (Å²) in [7, 11) is 0. The summed E-state index contributed by atoms with van der Waals surface area (Å²) >= 11 is 0. The molecule has 19 heavy (non-hydrogen) atoms. The highest BCUT2D eigenvalue weighted by atomic mass is 16.2. The van der Waals surface area contributed by atoms with Crippen molar-refractivity contribution in [3.05, 3.63) is 18.3 Å². The van der Waals surface area contributed by atoms with Crippen LogP contribution < -0.4 is 16.0 Å². The van der Waals surface area contributed by atoms with Gasteiger partial charge in [0.05, 0.1) is 11.2 Å². The molecule has 1 aromatic heterocycles. The van der Waals surface area contributed by atoms with Crippen LogP contribution in [0.15, 0.2) is 18.3 Å². The van der Waals surface area contributed by atoms with Gasteiger partial charge in [-0.3, -0.25) is 4.79 Å². The molecular weight excluding hydrogens is 240 g/mol. The Balaban J connectivity index is 2.18. The van der Waals surface area contributed by atoms with Crippen molar-refractivity contribution in [2.24, 2.45) is 5.73 Å². The van der Waals surface area contributed by atoms with Gasteiger partial charge in [-0.25, -0.2) is 4.98 Å². The minimum atomic E-state index is -0.849. The normalized spacial score (nSPS) is 18.2. The maximum atomic E-state index is 12.1. The number of nitrogens with one attached hydrogen (secondary N) is 1. The molecule has 0 spiro atoms. The summed E-state index contributed by atoms with van der Waals surface area (Å²) in [6.45, 7) is 5.64. The Kier molecular flexibility index (Phi) is 4.04. The van der Waals surface area contributed by atoms with Crippen molar-refractivity contribution in [2.75, 3.05) is 23.3 Å². The summed E-state index contributed by atoms with van der Waals surface area (Å²) in [4.78, 5) is 18.7. The first-order valence-electron chi connectivity index (χ1n) is 6.85. The molecule has 5 heteroatoms. The Hall–Kier alpha value is -1.62. The molecule has 1 saturated heterocycles. The monoisotopic (exact) mass is 262 g/mol. The number of hydrogen-bond acceptors (Lipinski definition) is 4. The molecule has 1 atom stereocenters. The molecule has 0 radical (unpaired) electrons. The van der Waals surface area contributed by atoms with Gasteiger partial charge in [-0.2, -0.15) is 0 Å². The van der Waals surface area contributed by atoms with Crippen LogP contribution in [-0.4, -0.2) is 29.5 Å². The van der Waals surface area contributed by atoms with Crippen LogP contribution in [0.25, 0.3) is 0 Å². The van der Waals surface area contributed by atoms with E-state index in [1.54, 1.807) is 13.1 Å². The zero-order valence-electron chi connectivity index (χ0n) is 11.6. The molecule has 0 aliphatic carbocycles. The number of hydrogen-bond donors (Lipinski definition) is 2. The van der Waals surface area contributed by atoms with Gasteiger partial charge in [-0.15, -0.1) is 0 Å². The first kappa shape index (κ1) is 13.8. The lowest BCUT2D eigenvalue weighted by atomic mass is 9.99. The predicted octanol–water partition coefficient (Wildman–Crippen LogP) is 1.75. The Labute approximate surface area is 114 Å². The van der Waals surface area contributed by atoms with E-state index in [-0.39, 0.29) is 5.91 Å². The van der Waals surface area contributed by atoms with E-state index in [1.807, 2.05) is 19.1 Å². The van der Waals surface area contributed by atoms with E-state index in [2.05, 4.69) is 15.2 Å². The zero-order chi connectivity index (χ0) is 13.9. The Bertz CT molecular complexity index is 453. The van der Waals surface area contributed by atoms with Crippen molar-refractivity contribution in [3.63, 3.8) is 0 Å². The second kappa shape index (κ2) is 5.57. The molecule has 1 aliphatic rings. The van der Waals surface area contributed by atoms with Crippen LogP contribution in [0.2, 0.25) is 0 Å². The van der Waals surface area contributed by atoms with E-state index in [9.17, 15) is 4.79 Å². The van der Waals surface area contributed by atoms with E-state index in [0.717, 1.165) is 24.6 Å². The van der Waals surface area contributed by atoms with Gasteiger partial charge in [0, 0.05) is 19.3 Å². The second-order valence-corrected chi connectivity index (χ2v) is 5.29. The third-order valence-electron chi connectivity index (χ3n) is 3.69. The van der Waals surface area contributed by atoms with E-state index in [0.29, 0.717) is 6.42 Å². The number of carbonyl (C=O) groups is 1. The number of rotatable bonds is 4. The number of carbonyl (C=O) groups excluding carboxylic acids is 1. The molecule has 1 aliphatic heterocycles. The molecule has 0 saturated carbocycles. The fourth-order valence-corrected chi connectivity index (χ4v) is 2.10. The highest BCUT2D eigenvalue weighted by molar-refractivity contribution is 5.99. The van der Waals surface area contributed by atoms with Crippen LogP contribution in [0.5, 0.6) is 0 Å². The summed E-state index contributed by atoms with van der Waals surface area (Å²) in [6.07, 6.45) is 4.70. The van der Waals surface area contributed by atoms with Crippen molar-refractivity contribution in [2.45, 2.75) is 38.6 Å². The summed E-state index contributed by atoms with van der Waals surface area (Å²) in [5.41, 5.74) is 5.87. The van der Waals surface area contributed by atoms with E-state index in [4.69, 9.17) is 5.73 Å². The molecule has 0 bridgehead atoms. The van der Waals surface area contributed by atoms with E-state index >= 15 is 0 Å². The third kappa shape index (κ3) is 3.04. The molecule has 104 valence electrons. The first-order valence-corrected chi connectivity index (χ1v) is 6.85. The molecular formula is C14H22N4O. The van der Waals surface area contributed by atoms with Gasteiger partial charge in [0.15, 0.2) is 5.82 Å². The van der Waals surface area contributed by atoms with Crippen LogP contribution in [0, 0.1) is 0 Å².